The number of hydroxylamine groups is 2. The minimum absolute atomic E-state index is 0.0951. The van der Waals surface area contributed by atoms with E-state index in [-0.39, 0.29) is 25.3 Å². The Morgan fingerprint density at radius 2 is 2.06 bits per heavy atom. The molecular weight excluding hydrogens is 429 g/mol. The van der Waals surface area contributed by atoms with E-state index < -0.39 is 34.9 Å². The molecule has 0 spiro atoms. The first-order valence-electron chi connectivity index (χ1n) is 10.2. The van der Waals surface area contributed by atoms with Crippen LogP contribution >= 0.6 is 0 Å². The molecule has 0 radical (unpaired) electrons. The van der Waals surface area contributed by atoms with E-state index in [4.69, 9.17) is 14.3 Å². The van der Waals surface area contributed by atoms with Crippen LogP contribution in [0.1, 0.15) is 6.42 Å². The Hall–Kier alpha value is -2.66. The van der Waals surface area contributed by atoms with E-state index in [1.807, 2.05) is 17.1 Å². The number of nitrogens with zero attached hydrogens (tertiary/aromatic N) is 3. The summed E-state index contributed by atoms with van der Waals surface area (Å²) in [7, 11) is -0.847. The summed E-state index contributed by atoms with van der Waals surface area (Å²) in [6.45, 7) is 1.08. The second kappa shape index (κ2) is 8.12. The maximum atomic E-state index is 14.7. The molecule has 4 aliphatic rings. The number of halogens is 1. The number of carbonyl (C=O) groups is 2. The number of ether oxygens (including phenoxy) is 2. The number of benzene rings is 1. The smallest absolute Gasteiger partial charge is 0.434 e. The maximum absolute atomic E-state index is 14.7. The molecule has 11 heteroatoms. The normalized spacial score (nSPS) is 27.8. The Labute approximate surface area is 180 Å². The first-order chi connectivity index (χ1) is 15.0. The van der Waals surface area contributed by atoms with Crippen LogP contribution in [0.15, 0.2) is 30.4 Å². The monoisotopic (exact) mass is 451 g/mol. The van der Waals surface area contributed by atoms with Crippen molar-refractivity contribution in [2.75, 3.05) is 47.5 Å². The molecule has 1 aromatic rings. The second-order valence-electron chi connectivity index (χ2n) is 7.82. The van der Waals surface area contributed by atoms with E-state index in [0.717, 1.165) is 6.42 Å². The zero-order valence-corrected chi connectivity index (χ0v) is 17.5. The Morgan fingerprint density at radius 3 is 2.74 bits per heavy atom. The highest BCUT2D eigenvalue weighted by atomic mass is 32.2. The van der Waals surface area contributed by atoms with Crippen LogP contribution < -0.4 is 9.80 Å². The van der Waals surface area contributed by atoms with Gasteiger partial charge in [0, 0.05) is 41.8 Å². The van der Waals surface area contributed by atoms with E-state index in [0.29, 0.717) is 36.0 Å². The Morgan fingerprint density at radius 1 is 1.26 bits per heavy atom. The lowest BCUT2D eigenvalue weighted by atomic mass is 10.2. The minimum atomic E-state index is -0.847. The summed E-state index contributed by atoms with van der Waals surface area (Å²) in [5, 5.41) is 1.20. The van der Waals surface area contributed by atoms with Crippen LogP contribution in [0.2, 0.25) is 0 Å². The van der Waals surface area contributed by atoms with Crippen LogP contribution in [-0.4, -0.2) is 77.5 Å². The van der Waals surface area contributed by atoms with Crippen LogP contribution in [0.3, 0.4) is 0 Å². The third-order valence-corrected chi connectivity index (χ3v) is 7.06. The summed E-state index contributed by atoms with van der Waals surface area (Å²) >= 11 is 0. The molecule has 2 unspecified atom stereocenters. The molecular formula is C20H22FN3O6S. The van der Waals surface area contributed by atoms with Gasteiger partial charge in [-0.15, -0.1) is 0 Å². The number of amides is 2. The molecule has 3 aliphatic heterocycles. The average Bonchev–Trinajstić information content (AvgIpc) is 3.48. The Bertz CT molecular complexity index is 949. The fourth-order valence-electron chi connectivity index (χ4n) is 4.15. The quantitative estimate of drug-likeness (QED) is 0.645. The van der Waals surface area contributed by atoms with Crippen LogP contribution in [0.25, 0.3) is 0 Å². The van der Waals surface area contributed by atoms with Crippen LogP contribution in [0.5, 0.6) is 0 Å². The van der Waals surface area contributed by atoms with Crippen LogP contribution in [0.4, 0.5) is 25.4 Å². The van der Waals surface area contributed by atoms with Gasteiger partial charge in [-0.05, 0) is 18.2 Å². The van der Waals surface area contributed by atoms with Gasteiger partial charge in [0.05, 0.1) is 24.0 Å². The number of hydrogen-bond acceptors (Lipinski definition) is 7. The van der Waals surface area contributed by atoms with Gasteiger partial charge in [-0.1, -0.05) is 12.2 Å². The molecule has 166 valence electrons. The van der Waals surface area contributed by atoms with Gasteiger partial charge in [0.15, 0.2) is 6.10 Å². The predicted molar refractivity (Wildman–Crippen MR) is 110 cm³/mol. The van der Waals surface area contributed by atoms with E-state index >= 15 is 0 Å². The van der Waals surface area contributed by atoms with Gasteiger partial charge in [-0.3, -0.25) is 13.9 Å². The highest BCUT2D eigenvalue weighted by Gasteiger charge is 2.40. The molecule has 2 amide bonds. The number of cyclic esters (lactones) is 1. The summed E-state index contributed by atoms with van der Waals surface area (Å²) in [6.07, 6.45) is 2.52. The van der Waals surface area contributed by atoms with Crippen molar-refractivity contribution in [3.05, 3.63) is 36.2 Å². The van der Waals surface area contributed by atoms with E-state index in [2.05, 4.69) is 0 Å². The zero-order chi connectivity index (χ0) is 21.5. The van der Waals surface area contributed by atoms with Gasteiger partial charge >= 0.3 is 12.2 Å². The third-order valence-electron chi connectivity index (χ3n) is 5.78. The highest BCUT2D eigenvalue weighted by Crippen LogP contribution is 2.31. The summed E-state index contributed by atoms with van der Waals surface area (Å²) in [6, 6.07) is 4.44. The van der Waals surface area contributed by atoms with Crippen LogP contribution in [0, 0.1) is 5.82 Å². The zero-order valence-electron chi connectivity index (χ0n) is 16.6. The van der Waals surface area contributed by atoms with Crippen molar-refractivity contribution in [1.82, 2.24) is 5.06 Å². The second-order valence-corrected chi connectivity index (χ2v) is 9.52. The molecule has 31 heavy (non-hydrogen) atoms. The van der Waals surface area contributed by atoms with Gasteiger partial charge in [0.2, 0.25) is 0 Å². The van der Waals surface area contributed by atoms with E-state index in [9.17, 15) is 18.2 Å². The molecule has 5 rings (SSSR count). The van der Waals surface area contributed by atoms with Crippen molar-refractivity contribution in [1.29, 1.82) is 0 Å². The number of anilines is 2. The predicted octanol–water partition coefficient (Wildman–Crippen LogP) is 1.80. The van der Waals surface area contributed by atoms with Crippen molar-refractivity contribution in [2.45, 2.75) is 24.7 Å². The van der Waals surface area contributed by atoms with Crippen molar-refractivity contribution < 1.29 is 32.5 Å². The van der Waals surface area contributed by atoms with Crippen molar-refractivity contribution >= 4 is 34.4 Å². The van der Waals surface area contributed by atoms with Crippen LogP contribution in [-0.2, 0) is 25.1 Å². The molecule has 3 fully saturated rings. The number of rotatable bonds is 4. The standard InChI is InChI=1S/C20H22FN3O6S/c21-17-10-13(2-4-18(17)22-5-7-31(27)8-6-22)23-11-16(29-19(23)25)12-28-20(26)24-14-1-3-15(9-14)30-24/h1-4,10,14-16H,5-9,11-12H2/t14?,15?,16-/m1/s1. The van der Waals surface area contributed by atoms with Crippen molar-refractivity contribution in [3.8, 4) is 0 Å². The topological polar surface area (TPSA) is 88.6 Å². The SMILES string of the molecule is O=C1O[C@@H](COC(=O)N2OC3C=CC2C3)CN1c1ccc(N2CCS(=O)CC2)c(F)c1. The molecule has 3 atom stereocenters. The number of carbonyl (C=O) groups excluding carboxylic acids is 2. The average molecular weight is 451 g/mol. The Kier molecular flexibility index (Phi) is 5.30. The fraction of sp³-hybridized carbons (Fsp3) is 0.500. The lowest BCUT2D eigenvalue weighted by Gasteiger charge is -2.29. The van der Waals surface area contributed by atoms with Gasteiger partial charge in [0.1, 0.15) is 18.5 Å². The minimum Gasteiger partial charge on any atom is -0.444 e. The molecule has 3 saturated heterocycles. The van der Waals surface area contributed by atoms with E-state index in [1.165, 1.54) is 16.0 Å². The van der Waals surface area contributed by atoms with Gasteiger partial charge in [-0.2, -0.15) is 5.06 Å². The highest BCUT2D eigenvalue weighted by molar-refractivity contribution is 7.85. The maximum Gasteiger partial charge on any atom is 0.434 e. The lowest BCUT2D eigenvalue weighted by Crippen LogP contribution is -2.38. The fourth-order valence-corrected chi connectivity index (χ4v) is 5.20. The van der Waals surface area contributed by atoms with Gasteiger partial charge in [-0.25, -0.2) is 14.0 Å². The van der Waals surface area contributed by atoms with Crippen molar-refractivity contribution in [2.24, 2.45) is 0 Å². The molecule has 0 aromatic heterocycles. The first-order valence-corrected chi connectivity index (χ1v) is 11.7. The molecule has 3 heterocycles. The molecule has 9 nitrogen and oxygen atoms in total. The molecule has 0 N–H and O–H groups in total. The van der Waals surface area contributed by atoms with Gasteiger partial charge in [0.25, 0.3) is 0 Å². The van der Waals surface area contributed by atoms with E-state index in [1.54, 1.807) is 12.1 Å². The number of hydrogen-bond donors (Lipinski definition) is 0. The lowest BCUT2D eigenvalue weighted by molar-refractivity contribution is -0.130. The molecule has 1 aromatic carbocycles. The first kappa shape index (κ1) is 20.3. The van der Waals surface area contributed by atoms with Crippen molar-refractivity contribution in [3.63, 3.8) is 0 Å². The summed E-state index contributed by atoms with van der Waals surface area (Å²) in [5.41, 5.74) is 0.790. The number of fused-ring (bicyclic) bond motifs is 2. The largest absolute Gasteiger partial charge is 0.444 e. The summed E-state index contributed by atoms with van der Waals surface area (Å²) in [5.74, 6) is 0.572. The molecule has 0 saturated carbocycles. The Balaban J connectivity index is 1.18. The summed E-state index contributed by atoms with van der Waals surface area (Å²) < 4.78 is 36.7. The van der Waals surface area contributed by atoms with Gasteiger partial charge < -0.3 is 14.4 Å². The summed E-state index contributed by atoms with van der Waals surface area (Å²) in [4.78, 5) is 33.1. The molecule has 2 bridgehead atoms. The third kappa shape index (κ3) is 3.99. The molecule has 1 aliphatic carbocycles.